The summed E-state index contributed by atoms with van der Waals surface area (Å²) in [7, 11) is 0. The van der Waals surface area contributed by atoms with Gasteiger partial charge in [0.25, 0.3) is 0 Å². The first-order valence-electron chi connectivity index (χ1n) is 3.17. The maximum Gasteiger partial charge on any atom is 0.336 e. The van der Waals surface area contributed by atoms with Crippen molar-refractivity contribution in [2.24, 2.45) is 0 Å². The number of carboxylic acid groups (broad SMARTS) is 1. The average molecular weight is 166 g/mol. The molecule has 0 saturated carbocycles. The van der Waals surface area contributed by atoms with Crippen molar-refractivity contribution < 1.29 is 19.8 Å². The summed E-state index contributed by atoms with van der Waals surface area (Å²) in [5, 5.41) is 17.6. The molecule has 1 aromatic carbocycles. The molecule has 0 saturated heterocycles. The molecule has 0 atom stereocenters. The van der Waals surface area contributed by atoms with Crippen molar-refractivity contribution in [1.29, 1.82) is 0 Å². The molecule has 0 fully saturated rings. The van der Waals surface area contributed by atoms with E-state index in [0.717, 1.165) is 0 Å². The molecule has 0 spiro atoms. The van der Waals surface area contributed by atoms with Gasteiger partial charge in [0.15, 0.2) is 6.29 Å². The van der Waals surface area contributed by atoms with Gasteiger partial charge in [0.05, 0.1) is 11.1 Å². The van der Waals surface area contributed by atoms with Crippen LogP contribution in [-0.4, -0.2) is 22.5 Å². The SMILES string of the molecule is O=Cc1c(O)cccc1C(=O)O. The molecule has 1 aromatic rings. The molecule has 4 nitrogen and oxygen atoms in total. The summed E-state index contributed by atoms with van der Waals surface area (Å²) in [6.45, 7) is 0. The van der Waals surface area contributed by atoms with Gasteiger partial charge >= 0.3 is 5.97 Å². The van der Waals surface area contributed by atoms with Gasteiger partial charge in [-0.25, -0.2) is 4.79 Å². The van der Waals surface area contributed by atoms with Gasteiger partial charge in [0.1, 0.15) is 5.75 Å². The maximum absolute atomic E-state index is 10.5. The van der Waals surface area contributed by atoms with Crippen molar-refractivity contribution in [3.63, 3.8) is 0 Å². The number of carboxylic acids is 1. The van der Waals surface area contributed by atoms with Crippen LogP contribution < -0.4 is 0 Å². The van der Waals surface area contributed by atoms with Crippen LogP contribution in [0.5, 0.6) is 5.75 Å². The lowest BCUT2D eigenvalue weighted by Crippen LogP contribution is -2.01. The van der Waals surface area contributed by atoms with Crippen molar-refractivity contribution in [3.8, 4) is 5.75 Å². The summed E-state index contributed by atoms with van der Waals surface area (Å²) >= 11 is 0. The molecule has 0 aromatic heterocycles. The largest absolute Gasteiger partial charge is 0.507 e. The Bertz CT molecular complexity index is 330. The highest BCUT2D eigenvalue weighted by Crippen LogP contribution is 2.18. The fourth-order valence-electron chi connectivity index (χ4n) is 0.863. The van der Waals surface area contributed by atoms with Crippen LogP contribution in [-0.2, 0) is 0 Å². The minimum absolute atomic E-state index is 0.190. The second-order valence-electron chi connectivity index (χ2n) is 2.16. The van der Waals surface area contributed by atoms with E-state index in [2.05, 4.69) is 0 Å². The van der Waals surface area contributed by atoms with Crippen LogP contribution in [0.4, 0.5) is 0 Å². The fraction of sp³-hybridized carbons (Fsp3) is 0. The highest BCUT2D eigenvalue weighted by Gasteiger charge is 2.11. The van der Waals surface area contributed by atoms with Crippen molar-refractivity contribution in [1.82, 2.24) is 0 Å². The number of phenolic OH excluding ortho intramolecular Hbond substituents is 1. The Morgan fingerprint density at radius 3 is 2.50 bits per heavy atom. The number of benzene rings is 1. The average Bonchev–Trinajstić information content (AvgIpc) is 2.03. The predicted molar refractivity (Wildman–Crippen MR) is 40.5 cm³/mol. The van der Waals surface area contributed by atoms with E-state index in [4.69, 9.17) is 10.2 Å². The van der Waals surface area contributed by atoms with Crippen molar-refractivity contribution in [2.75, 3.05) is 0 Å². The number of aromatic carboxylic acids is 1. The lowest BCUT2D eigenvalue weighted by molar-refractivity contribution is 0.0693. The van der Waals surface area contributed by atoms with E-state index in [1.807, 2.05) is 0 Å². The molecule has 0 unspecified atom stereocenters. The molecule has 0 radical (unpaired) electrons. The van der Waals surface area contributed by atoms with Crippen LogP contribution in [0, 0.1) is 0 Å². The summed E-state index contributed by atoms with van der Waals surface area (Å²) in [4.78, 5) is 20.8. The van der Waals surface area contributed by atoms with Crippen LogP contribution in [0.15, 0.2) is 18.2 Å². The number of carbonyl (C=O) groups is 2. The second kappa shape index (κ2) is 3.04. The van der Waals surface area contributed by atoms with E-state index in [-0.39, 0.29) is 16.9 Å². The third-order valence-corrected chi connectivity index (χ3v) is 1.43. The Kier molecular flexibility index (Phi) is 2.09. The van der Waals surface area contributed by atoms with E-state index in [9.17, 15) is 9.59 Å². The smallest absolute Gasteiger partial charge is 0.336 e. The van der Waals surface area contributed by atoms with E-state index in [1.54, 1.807) is 0 Å². The zero-order valence-corrected chi connectivity index (χ0v) is 6.02. The Labute approximate surface area is 68.1 Å². The van der Waals surface area contributed by atoms with Crippen LogP contribution in [0.25, 0.3) is 0 Å². The topological polar surface area (TPSA) is 74.6 Å². The van der Waals surface area contributed by atoms with Crippen LogP contribution in [0.1, 0.15) is 20.7 Å². The summed E-state index contributed by atoms with van der Waals surface area (Å²) in [6, 6.07) is 3.88. The molecule has 0 heterocycles. The molecular formula is C8H6O4. The molecule has 0 bridgehead atoms. The highest BCUT2D eigenvalue weighted by atomic mass is 16.4. The van der Waals surface area contributed by atoms with Gasteiger partial charge in [-0.3, -0.25) is 4.79 Å². The van der Waals surface area contributed by atoms with E-state index < -0.39 is 5.97 Å². The molecule has 0 aliphatic heterocycles. The Hall–Kier alpha value is -1.84. The predicted octanol–water partition coefficient (Wildman–Crippen LogP) is 0.903. The van der Waals surface area contributed by atoms with Crippen molar-refractivity contribution in [2.45, 2.75) is 0 Å². The quantitative estimate of drug-likeness (QED) is 0.640. The summed E-state index contributed by atoms with van der Waals surface area (Å²) < 4.78 is 0. The Morgan fingerprint density at radius 2 is 2.08 bits per heavy atom. The molecule has 0 amide bonds. The standard InChI is InChI=1S/C8H6O4/c9-4-6-5(8(11)12)2-1-3-7(6)10/h1-4,10H,(H,11,12). The van der Waals surface area contributed by atoms with E-state index >= 15 is 0 Å². The monoisotopic (exact) mass is 166 g/mol. The summed E-state index contributed by atoms with van der Waals surface area (Å²) in [6.07, 6.45) is 0.318. The lowest BCUT2D eigenvalue weighted by Gasteiger charge is -1.99. The minimum Gasteiger partial charge on any atom is -0.507 e. The van der Waals surface area contributed by atoms with Gasteiger partial charge in [0, 0.05) is 0 Å². The molecule has 0 aliphatic carbocycles. The van der Waals surface area contributed by atoms with E-state index in [0.29, 0.717) is 6.29 Å². The Morgan fingerprint density at radius 1 is 1.42 bits per heavy atom. The van der Waals surface area contributed by atoms with Crippen molar-refractivity contribution in [3.05, 3.63) is 29.3 Å². The number of aldehydes is 1. The van der Waals surface area contributed by atoms with Gasteiger partial charge in [0.2, 0.25) is 0 Å². The number of hydrogen-bond acceptors (Lipinski definition) is 3. The zero-order chi connectivity index (χ0) is 9.14. The van der Waals surface area contributed by atoms with E-state index in [1.165, 1.54) is 18.2 Å². The number of aromatic hydroxyl groups is 1. The minimum atomic E-state index is -1.23. The number of phenols is 1. The maximum atomic E-state index is 10.5. The fourth-order valence-corrected chi connectivity index (χ4v) is 0.863. The highest BCUT2D eigenvalue weighted by molar-refractivity contribution is 5.98. The van der Waals surface area contributed by atoms with Crippen LogP contribution in [0.2, 0.25) is 0 Å². The molecule has 2 N–H and O–H groups in total. The Balaban J connectivity index is 3.37. The van der Waals surface area contributed by atoms with Gasteiger partial charge in [-0.15, -0.1) is 0 Å². The molecule has 1 rings (SSSR count). The van der Waals surface area contributed by atoms with Crippen LogP contribution >= 0.6 is 0 Å². The number of rotatable bonds is 2. The third kappa shape index (κ3) is 1.27. The van der Waals surface area contributed by atoms with Crippen LogP contribution in [0.3, 0.4) is 0 Å². The normalized spacial score (nSPS) is 9.33. The van der Waals surface area contributed by atoms with Gasteiger partial charge in [-0.2, -0.15) is 0 Å². The summed E-state index contributed by atoms with van der Waals surface area (Å²) in [5.41, 5.74) is -0.380. The molecule has 0 aliphatic rings. The molecule has 4 heteroatoms. The third-order valence-electron chi connectivity index (χ3n) is 1.43. The second-order valence-corrected chi connectivity index (χ2v) is 2.16. The lowest BCUT2D eigenvalue weighted by atomic mass is 10.1. The zero-order valence-electron chi connectivity index (χ0n) is 6.02. The molecular weight excluding hydrogens is 160 g/mol. The van der Waals surface area contributed by atoms with Gasteiger partial charge in [-0.05, 0) is 12.1 Å². The molecule has 62 valence electrons. The molecule has 12 heavy (non-hydrogen) atoms. The first-order valence-corrected chi connectivity index (χ1v) is 3.17. The van der Waals surface area contributed by atoms with Gasteiger partial charge < -0.3 is 10.2 Å². The van der Waals surface area contributed by atoms with Gasteiger partial charge in [-0.1, -0.05) is 6.07 Å². The van der Waals surface area contributed by atoms with Crippen molar-refractivity contribution >= 4 is 12.3 Å². The first-order chi connectivity index (χ1) is 5.66. The number of carbonyl (C=O) groups excluding carboxylic acids is 1. The summed E-state index contributed by atoms with van der Waals surface area (Å²) in [5.74, 6) is -1.54. The number of hydrogen-bond donors (Lipinski definition) is 2. The first kappa shape index (κ1) is 8.26.